The summed E-state index contributed by atoms with van der Waals surface area (Å²) in [6.45, 7) is 2.42. The predicted molar refractivity (Wildman–Crippen MR) is 62.3 cm³/mol. The van der Waals surface area contributed by atoms with Crippen molar-refractivity contribution in [3.63, 3.8) is 0 Å². The van der Waals surface area contributed by atoms with Gasteiger partial charge in [-0.1, -0.05) is 12.1 Å². The minimum absolute atomic E-state index is 0.396. The molecule has 1 aromatic heterocycles. The van der Waals surface area contributed by atoms with Crippen LogP contribution < -0.4 is 5.73 Å². The fraction of sp³-hybridized carbons (Fsp3) is 0.182. The maximum absolute atomic E-state index is 5.47. The zero-order chi connectivity index (χ0) is 10.8. The van der Waals surface area contributed by atoms with Gasteiger partial charge in [-0.3, -0.25) is 0 Å². The quantitative estimate of drug-likeness (QED) is 0.910. The van der Waals surface area contributed by atoms with E-state index < -0.39 is 0 Å². The molecular formula is C11H11BrN2O. The first-order valence-electron chi connectivity index (χ1n) is 4.62. The van der Waals surface area contributed by atoms with E-state index in [-0.39, 0.29) is 0 Å². The standard InChI is InChI=1S/C11H11BrN2O/c1-7-3-2-4-9(10(7)12)11-14-8(5-13)6-15-11/h2-4,6H,5,13H2,1H3. The van der Waals surface area contributed by atoms with E-state index in [2.05, 4.69) is 20.9 Å². The normalized spacial score (nSPS) is 10.6. The van der Waals surface area contributed by atoms with Crippen molar-refractivity contribution in [2.24, 2.45) is 5.73 Å². The number of benzene rings is 1. The third kappa shape index (κ3) is 1.96. The van der Waals surface area contributed by atoms with E-state index in [1.165, 1.54) is 0 Å². The lowest BCUT2D eigenvalue weighted by molar-refractivity contribution is 0.572. The summed E-state index contributed by atoms with van der Waals surface area (Å²) in [5.74, 6) is 0.603. The molecule has 78 valence electrons. The third-order valence-corrected chi connectivity index (χ3v) is 3.24. The molecule has 0 aliphatic carbocycles. The van der Waals surface area contributed by atoms with Gasteiger partial charge in [0, 0.05) is 11.0 Å². The maximum atomic E-state index is 5.47. The first kappa shape index (κ1) is 10.4. The van der Waals surface area contributed by atoms with Crippen molar-refractivity contribution in [1.82, 2.24) is 4.98 Å². The topological polar surface area (TPSA) is 52.0 Å². The lowest BCUT2D eigenvalue weighted by Crippen LogP contribution is -1.95. The molecule has 0 spiro atoms. The summed E-state index contributed by atoms with van der Waals surface area (Å²) in [6.07, 6.45) is 1.59. The van der Waals surface area contributed by atoms with Crippen molar-refractivity contribution >= 4 is 15.9 Å². The van der Waals surface area contributed by atoms with Crippen LogP contribution in [0.4, 0.5) is 0 Å². The first-order valence-corrected chi connectivity index (χ1v) is 5.41. The van der Waals surface area contributed by atoms with Crippen LogP contribution in [0.1, 0.15) is 11.3 Å². The summed E-state index contributed by atoms with van der Waals surface area (Å²) in [5, 5.41) is 0. The van der Waals surface area contributed by atoms with E-state index in [0.717, 1.165) is 21.3 Å². The van der Waals surface area contributed by atoms with Crippen LogP contribution in [-0.2, 0) is 6.54 Å². The van der Waals surface area contributed by atoms with Gasteiger partial charge >= 0.3 is 0 Å². The molecule has 1 heterocycles. The number of aryl methyl sites for hydroxylation is 1. The summed E-state index contributed by atoms with van der Waals surface area (Å²) in [6, 6.07) is 5.96. The Kier molecular flexibility index (Phi) is 2.88. The molecule has 0 saturated heterocycles. The number of nitrogens with zero attached hydrogens (tertiary/aromatic N) is 1. The van der Waals surface area contributed by atoms with Crippen molar-refractivity contribution < 1.29 is 4.42 Å². The largest absolute Gasteiger partial charge is 0.444 e. The Morgan fingerprint density at radius 2 is 2.27 bits per heavy atom. The van der Waals surface area contributed by atoms with Crippen molar-refractivity contribution in [2.45, 2.75) is 13.5 Å². The van der Waals surface area contributed by atoms with E-state index in [1.54, 1.807) is 6.26 Å². The van der Waals surface area contributed by atoms with Crippen LogP contribution in [0.25, 0.3) is 11.5 Å². The van der Waals surface area contributed by atoms with Crippen molar-refractivity contribution in [2.75, 3.05) is 0 Å². The van der Waals surface area contributed by atoms with Crippen LogP contribution in [0, 0.1) is 6.92 Å². The van der Waals surface area contributed by atoms with E-state index in [9.17, 15) is 0 Å². The fourth-order valence-electron chi connectivity index (χ4n) is 1.34. The molecule has 0 unspecified atom stereocenters. The Bertz CT molecular complexity index is 479. The molecule has 0 amide bonds. The van der Waals surface area contributed by atoms with Gasteiger partial charge in [0.25, 0.3) is 0 Å². The minimum Gasteiger partial charge on any atom is -0.444 e. The number of halogens is 1. The summed E-state index contributed by atoms with van der Waals surface area (Å²) in [5.41, 5.74) is 8.34. The highest BCUT2D eigenvalue weighted by atomic mass is 79.9. The molecule has 0 fully saturated rings. The summed E-state index contributed by atoms with van der Waals surface area (Å²) in [7, 11) is 0. The first-order chi connectivity index (χ1) is 7.22. The highest BCUT2D eigenvalue weighted by Crippen LogP contribution is 2.29. The lowest BCUT2D eigenvalue weighted by atomic mass is 10.1. The average Bonchev–Trinajstić information content (AvgIpc) is 2.70. The van der Waals surface area contributed by atoms with E-state index in [1.807, 2.05) is 25.1 Å². The van der Waals surface area contributed by atoms with Gasteiger partial charge in [-0.25, -0.2) is 4.98 Å². The molecule has 0 aliphatic heterocycles. The van der Waals surface area contributed by atoms with Crippen LogP contribution >= 0.6 is 15.9 Å². The van der Waals surface area contributed by atoms with Gasteiger partial charge in [-0.05, 0) is 34.5 Å². The Morgan fingerprint density at radius 3 is 2.93 bits per heavy atom. The number of hydrogen-bond donors (Lipinski definition) is 1. The van der Waals surface area contributed by atoms with Crippen LogP contribution in [0.5, 0.6) is 0 Å². The molecule has 2 rings (SSSR count). The molecule has 15 heavy (non-hydrogen) atoms. The average molecular weight is 267 g/mol. The van der Waals surface area contributed by atoms with Crippen molar-refractivity contribution in [3.05, 3.63) is 40.2 Å². The Hall–Kier alpha value is -1.13. The van der Waals surface area contributed by atoms with Gasteiger partial charge in [-0.15, -0.1) is 0 Å². The molecular weight excluding hydrogens is 256 g/mol. The maximum Gasteiger partial charge on any atom is 0.227 e. The zero-order valence-electron chi connectivity index (χ0n) is 8.33. The second-order valence-corrected chi connectivity index (χ2v) is 4.08. The monoisotopic (exact) mass is 266 g/mol. The van der Waals surface area contributed by atoms with E-state index in [0.29, 0.717) is 12.4 Å². The molecule has 0 saturated carbocycles. The molecule has 0 atom stereocenters. The second-order valence-electron chi connectivity index (χ2n) is 3.28. The number of hydrogen-bond acceptors (Lipinski definition) is 3. The fourth-order valence-corrected chi connectivity index (χ4v) is 1.77. The van der Waals surface area contributed by atoms with Gasteiger partial charge in [0.15, 0.2) is 0 Å². The Labute approximate surface area is 96.4 Å². The number of nitrogens with two attached hydrogens (primary N) is 1. The highest BCUT2D eigenvalue weighted by Gasteiger charge is 2.10. The smallest absolute Gasteiger partial charge is 0.227 e. The molecule has 0 bridgehead atoms. The molecule has 4 heteroatoms. The number of aromatic nitrogens is 1. The van der Waals surface area contributed by atoms with Gasteiger partial charge in [0.1, 0.15) is 6.26 Å². The Balaban J connectivity index is 2.49. The summed E-state index contributed by atoms with van der Waals surface area (Å²) < 4.78 is 6.37. The summed E-state index contributed by atoms with van der Waals surface area (Å²) >= 11 is 3.52. The number of oxazole rings is 1. The van der Waals surface area contributed by atoms with Crippen LogP contribution in [0.15, 0.2) is 33.4 Å². The Morgan fingerprint density at radius 1 is 1.47 bits per heavy atom. The lowest BCUT2D eigenvalue weighted by Gasteiger charge is -2.02. The van der Waals surface area contributed by atoms with Gasteiger partial charge in [-0.2, -0.15) is 0 Å². The number of rotatable bonds is 2. The second kappa shape index (κ2) is 4.16. The molecule has 0 radical (unpaired) electrons. The van der Waals surface area contributed by atoms with Crippen LogP contribution in [-0.4, -0.2) is 4.98 Å². The van der Waals surface area contributed by atoms with Gasteiger partial charge < -0.3 is 10.2 Å². The SMILES string of the molecule is Cc1cccc(-c2nc(CN)co2)c1Br. The van der Waals surface area contributed by atoms with Gasteiger partial charge in [0.2, 0.25) is 5.89 Å². The van der Waals surface area contributed by atoms with E-state index >= 15 is 0 Å². The molecule has 2 N–H and O–H groups in total. The molecule has 0 aliphatic rings. The third-order valence-electron chi connectivity index (χ3n) is 2.18. The van der Waals surface area contributed by atoms with Gasteiger partial charge in [0.05, 0.1) is 11.3 Å². The predicted octanol–water partition coefficient (Wildman–Crippen LogP) is 2.87. The highest BCUT2D eigenvalue weighted by molar-refractivity contribution is 9.10. The zero-order valence-corrected chi connectivity index (χ0v) is 9.91. The van der Waals surface area contributed by atoms with Crippen LogP contribution in [0.3, 0.4) is 0 Å². The molecule has 1 aromatic carbocycles. The van der Waals surface area contributed by atoms with Crippen molar-refractivity contribution in [3.8, 4) is 11.5 Å². The molecule has 3 nitrogen and oxygen atoms in total. The van der Waals surface area contributed by atoms with Crippen molar-refractivity contribution in [1.29, 1.82) is 0 Å². The van der Waals surface area contributed by atoms with Crippen LogP contribution in [0.2, 0.25) is 0 Å². The molecule has 2 aromatic rings. The summed E-state index contributed by atoms with van der Waals surface area (Å²) in [4.78, 5) is 4.28. The minimum atomic E-state index is 0.396. The van der Waals surface area contributed by atoms with E-state index in [4.69, 9.17) is 10.2 Å².